The SMILES string of the molecule is CCOc1ccc(N(C(=O)c2snc(C(N)=O)c2N)[C@@H](C(=O)NC2CCCC2)c2cc(OC)ccc2OC)cc1. The molecule has 5 N–H and O–H groups in total. The van der Waals surface area contributed by atoms with Crippen molar-refractivity contribution < 1.29 is 28.6 Å². The van der Waals surface area contributed by atoms with Crippen molar-refractivity contribution in [1.29, 1.82) is 0 Å². The monoisotopic (exact) mass is 567 g/mol. The lowest BCUT2D eigenvalue weighted by Crippen LogP contribution is -2.46. The molecular weight excluding hydrogens is 534 g/mol. The lowest BCUT2D eigenvalue weighted by Gasteiger charge is -2.33. The van der Waals surface area contributed by atoms with Gasteiger partial charge in [-0.1, -0.05) is 12.8 Å². The molecule has 0 aliphatic heterocycles. The third kappa shape index (κ3) is 5.96. The van der Waals surface area contributed by atoms with Crippen LogP contribution < -0.4 is 35.9 Å². The van der Waals surface area contributed by atoms with Crippen molar-refractivity contribution in [3.05, 3.63) is 58.6 Å². The second kappa shape index (κ2) is 12.7. The Labute approximate surface area is 236 Å². The van der Waals surface area contributed by atoms with E-state index in [9.17, 15) is 14.4 Å². The summed E-state index contributed by atoms with van der Waals surface area (Å²) in [6.45, 7) is 2.33. The zero-order chi connectivity index (χ0) is 28.8. The van der Waals surface area contributed by atoms with Gasteiger partial charge in [-0.3, -0.25) is 19.3 Å². The number of amides is 3. The minimum absolute atomic E-state index is 0.0248. The van der Waals surface area contributed by atoms with Gasteiger partial charge in [0.1, 0.15) is 28.2 Å². The lowest BCUT2D eigenvalue weighted by atomic mass is 10.00. The van der Waals surface area contributed by atoms with Gasteiger partial charge in [-0.15, -0.1) is 0 Å². The molecular formula is C28H33N5O6S. The van der Waals surface area contributed by atoms with Crippen LogP contribution >= 0.6 is 11.5 Å². The van der Waals surface area contributed by atoms with Crippen LogP contribution in [0.1, 0.15) is 64.4 Å². The van der Waals surface area contributed by atoms with Crippen LogP contribution in [0.5, 0.6) is 17.2 Å². The first-order valence-corrected chi connectivity index (χ1v) is 13.7. The van der Waals surface area contributed by atoms with Crippen LogP contribution in [0.3, 0.4) is 0 Å². The molecule has 11 nitrogen and oxygen atoms in total. The molecule has 4 rings (SSSR count). The molecule has 1 heterocycles. The Morgan fingerprint density at radius 2 is 1.75 bits per heavy atom. The highest BCUT2D eigenvalue weighted by molar-refractivity contribution is 7.09. The van der Waals surface area contributed by atoms with E-state index >= 15 is 0 Å². The van der Waals surface area contributed by atoms with Crippen LogP contribution in [-0.2, 0) is 4.79 Å². The van der Waals surface area contributed by atoms with Crippen molar-refractivity contribution in [1.82, 2.24) is 9.69 Å². The van der Waals surface area contributed by atoms with Crippen LogP contribution in [0.25, 0.3) is 0 Å². The number of primary amides is 1. The molecule has 1 atom stereocenters. The fourth-order valence-electron chi connectivity index (χ4n) is 4.79. The van der Waals surface area contributed by atoms with E-state index in [1.807, 2.05) is 6.92 Å². The number of methoxy groups -OCH3 is 2. The highest BCUT2D eigenvalue weighted by Crippen LogP contribution is 2.39. The number of nitrogens with zero attached hydrogens (tertiary/aromatic N) is 2. The third-order valence-corrected chi connectivity index (χ3v) is 7.59. The average molecular weight is 568 g/mol. The smallest absolute Gasteiger partial charge is 0.273 e. The summed E-state index contributed by atoms with van der Waals surface area (Å²) in [5.41, 5.74) is 12.0. The van der Waals surface area contributed by atoms with Gasteiger partial charge in [0, 0.05) is 17.3 Å². The first-order valence-electron chi connectivity index (χ1n) is 12.9. The molecule has 212 valence electrons. The summed E-state index contributed by atoms with van der Waals surface area (Å²) in [5.74, 6) is -0.446. The van der Waals surface area contributed by atoms with Gasteiger partial charge in [-0.05, 0) is 73.8 Å². The number of rotatable bonds is 11. The number of nitrogens with two attached hydrogens (primary N) is 2. The molecule has 2 aromatic carbocycles. The van der Waals surface area contributed by atoms with E-state index in [0.717, 1.165) is 37.2 Å². The molecule has 1 fully saturated rings. The normalized spacial score (nSPS) is 13.9. The number of hydrogen-bond donors (Lipinski definition) is 3. The van der Waals surface area contributed by atoms with Crippen LogP contribution in [0, 0.1) is 0 Å². The summed E-state index contributed by atoms with van der Waals surface area (Å²) in [4.78, 5) is 41.6. The summed E-state index contributed by atoms with van der Waals surface area (Å²) >= 11 is 0.742. The highest BCUT2D eigenvalue weighted by atomic mass is 32.1. The number of nitrogens with one attached hydrogen (secondary N) is 1. The average Bonchev–Trinajstić information content (AvgIpc) is 3.61. The summed E-state index contributed by atoms with van der Waals surface area (Å²) in [5, 5.41) is 3.12. The Hall–Kier alpha value is -4.32. The molecule has 40 heavy (non-hydrogen) atoms. The summed E-state index contributed by atoms with van der Waals surface area (Å²) in [7, 11) is 3.00. The number of benzene rings is 2. The second-order valence-corrected chi connectivity index (χ2v) is 10.0. The molecule has 0 radical (unpaired) electrons. The van der Waals surface area contributed by atoms with E-state index in [1.165, 1.54) is 19.1 Å². The highest BCUT2D eigenvalue weighted by Gasteiger charge is 2.38. The molecule has 1 saturated carbocycles. The van der Waals surface area contributed by atoms with Crippen LogP contribution in [0.2, 0.25) is 0 Å². The molecule has 3 amide bonds. The van der Waals surface area contributed by atoms with Gasteiger partial charge in [0.2, 0.25) is 5.91 Å². The molecule has 0 saturated heterocycles. The topological polar surface area (TPSA) is 159 Å². The molecule has 0 unspecified atom stereocenters. The predicted molar refractivity (Wildman–Crippen MR) is 152 cm³/mol. The van der Waals surface area contributed by atoms with Gasteiger partial charge in [0.15, 0.2) is 5.69 Å². The van der Waals surface area contributed by atoms with Gasteiger partial charge < -0.3 is 31.0 Å². The van der Waals surface area contributed by atoms with Gasteiger partial charge in [0.05, 0.1) is 26.5 Å². The number of nitrogen functional groups attached to an aromatic ring is 1. The lowest BCUT2D eigenvalue weighted by molar-refractivity contribution is -0.123. The van der Waals surface area contributed by atoms with Crippen molar-refractivity contribution >= 4 is 40.6 Å². The zero-order valence-electron chi connectivity index (χ0n) is 22.6. The van der Waals surface area contributed by atoms with Crippen molar-refractivity contribution in [3.63, 3.8) is 0 Å². The fraction of sp³-hybridized carbons (Fsp3) is 0.357. The van der Waals surface area contributed by atoms with Crippen molar-refractivity contribution in [2.45, 2.75) is 44.7 Å². The van der Waals surface area contributed by atoms with E-state index in [-0.39, 0.29) is 22.3 Å². The molecule has 0 bridgehead atoms. The van der Waals surface area contributed by atoms with Crippen LogP contribution in [-0.4, -0.2) is 49.0 Å². The Kier molecular flexibility index (Phi) is 9.10. The maximum absolute atomic E-state index is 14.3. The number of carbonyl (C=O) groups is 3. The first-order chi connectivity index (χ1) is 19.3. The number of ether oxygens (including phenoxy) is 3. The standard InChI is InChI=1S/C28H33N5O6S/c1-4-39-18-11-9-17(10-12-18)33(28(36)25-22(29)23(26(30)34)32-40-25)24(27(35)31-16-7-5-6-8-16)20-15-19(37-2)13-14-21(20)38-3/h9-16,24H,4-8,29H2,1-3H3,(H2,30,34)(H,31,35)/t24-/m1/s1. The van der Waals surface area contributed by atoms with E-state index in [0.29, 0.717) is 35.1 Å². The molecule has 1 aliphatic carbocycles. The van der Waals surface area contributed by atoms with Gasteiger partial charge in [-0.25, -0.2) is 0 Å². The fourth-order valence-corrected chi connectivity index (χ4v) is 5.54. The molecule has 1 aliphatic rings. The Balaban J connectivity index is 1.92. The number of hydrogen-bond acceptors (Lipinski definition) is 9. The Bertz CT molecular complexity index is 1370. The summed E-state index contributed by atoms with van der Waals surface area (Å²) < 4.78 is 20.7. The van der Waals surface area contributed by atoms with Gasteiger partial charge in [-0.2, -0.15) is 4.37 Å². The van der Waals surface area contributed by atoms with Crippen LogP contribution in [0.15, 0.2) is 42.5 Å². The Morgan fingerprint density at radius 1 is 1.07 bits per heavy atom. The van der Waals surface area contributed by atoms with Gasteiger partial charge in [0.25, 0.3) is 11.8 Å². The summed E-state index contributed by atoms with van der Waals surface area (Å²) in [6, 6.07) is 10.6. The van der Waals surface area contributed by atoms with E-state index in [4.69, 9.17) is 25.7 Å². The number of aromatic nitrogens is 1. The predicted octanol–water partition coefficient (Wildman–Crippen LogP) is 3.69. The maximum atomic E-state index is 14.3. The third-order valence-electron chi connectivity index (χ3n) is 6.74. The minimum atomic E-state index is -1.20. The quantitative estimate of drug-likeness (QED) is 0.316. The van der Waals surface area contributed by atoms with Crippen LogP contribution in [0.4, 0.5) is 11.4 Å². The maximum Gasteiger partial charge on any atom is 0.273 e. The second-order valence-electron chi connectivity index (χ2n) is 9.24. The van der Waals surface area contributed by atoms with E-state index < -0.39 is 23.8 Å². The number of carbonyl (C=O) groups excluding carboxylic acids is 3. The van der Waals surface area contributed by atoms with E-state index in [1.54, 1.807) is 42.5 Å². The zero-order valence-corrected chi connectivity index (χ0v) is 23.5. The van der Waals surface area contributed by atoms with E-state index in [2.05, 4.69) is 9.69 Å². The van der Waals surface area contributed by atoms with Crippen molar-refractivity contribution in [3.8, 4) is 17.2 Å². The largest absolute Gasteiger partial charge is 0.497 e. The first kappa shape index (κ1) is 28.7. The van der Waals surface area contributed by atoms with Gasteiger partial charge >= 0.3 is 0 Å². The van der Waals surface area contributed by atoms with Crippen molar-refractivity contribution in [2.24, 2.45) is 5.73 Å². The minimum Gasteiger partial charge on any atom is -0.497 e. The van der Waals surface area contributed by atoms with Crippen molar-refractivity contribution in [2.75, 3.05) is 31.5 Å². The molecule has 1 aromatic heterocycles. The molecule has 12 heteroatoms. The number of anilines is 2. The molecule has 3 aromatic rings. The Morgan fingerprint density at radius 3 is 2.33 bits per heavy atom. The summed E-state index contributed by atoms with van der Waals surface area (Å²) in [6.07, 6.45) is 3.70. The molecule has 0 spiro atoms.